The van der Waals surface area contributed by atoms with E-state index in [0.717, 1.165) is 66.6 Å². The normalized spacial score (nSPS) is 12.0. The van der Waals surface area contributed by atoms with Crippen molar-refractivity contribution in [3.63, 3.8) is 0 Å². The van der Waals surface area contributed by atoms with Gasteiger partial charge in [0.15, 0.2) is 0 Å². The van der Waals surface area contributed by atoms with Gasteiger partial charge in [0.2, 0.25) is 0 Å². The lowest BCUT2D eigenvalue weighted by Crippen LogP contribution is -1.90. The van der Waals surface area contributed by atoms with E-state index in [9.17, 15) is 0 Å². The maximum absolute atomic E-state index is 4.68. The number of hydrogen-bond donors (Lipinski definition) is 3. The Balaban J connectivity index is 1.62. The number of fused-ring (bicyclic) bond motifs is 8. The number of nitrogens with one attached hydrogen (secondary N) is 3. The van der Waals surface area contributed by atoms with Crippen LogP contribution in [0.4, 0.5) is 0 Å². The zero-order valence-corrected chi connectivity index (χ0v) is 18.7. The molecular formula is C29H20N6. The third-order valence-electron chi connectivity index (χ3n) is 6.71. The highest BCUT2D eigenvalue weighted by molar-refractivity contribution is 5.88. The van der Waals surface area contributed by atoms with Crippen LogP contribution in [0.15, 0.2) is 103 Å². The number of aromatic nitrogens is 6. The van der Waals surface area contributed by atoms with Gasteiger partial charge in [-0.1, -0.05) is 0 Å². The summed E-state index contributed by atoms with van der Waals surface area (Å²) in [6.45, 7) is 0. The van der Waals surface area contributed by atoms with Crippen molar-refractivity contribution in [3.8, 4) is 11.4 Å². The van der Waals surface area contributed by atoms with Gasteiger partial charge >= 0.3 is 0 Å². The number of rotatable bonds is 0. The smallest absolute Gasteiger partial charge is 0.145 e. The summed E-state index contributed by atoms with van der Waals surface area (Å²) in [6.07, 6.45) is 3.98. The SMILES string of the molecule is c1cc2cc3ccc4cc5ccc(cc6ccc(cc7ccc(cc8ccn(c-2n1)c8n34)[nH]7)[nH]6)[nH]5. The second kappa shape index (κ2) is 6.77. The lowest BCUT2D eigenvalue weighted by Gasteiger charge is -1.99. The zero-order valence-electron chi connectivity index (χ0n) is 18.7. The molecule has 3 N–H and O–H groups in total. The minimum Gasteiger partial charge on any atom is -0.355 e. The molecule has 0 fully saturated rings. The molecule has 0 amide bonds. The van der Waals surface area contributed by atoms with Gasteiger partial charge in [-0.25, -0.2) is 4.98 Å². The van der Waals surface area contributed by atoms with Crippen LogP contribution >= 0.6 is 0 Å². The molecule has 0 aromatic carbocycles. The van der Waals surface area contributed by atoms with Gasteiger partial charge in [-0.3, -0.25) is 8.80 Å². The second-order valence-electron chi connectivity index (χ2n) is 9.04. The fourth-order valence-corrected chi connectivity index (χ4v) is 5.16. The molecule has 2 aliphatic heterocycles. The minimum absolute atomic E-state index is 0.944. The van der Waals surface area contributed by atoms with Crippen LogP contribution in [0.5, 0.6) is 0 Å². The molecule has 6 nitrogen and oxygen atoms in total. The van der Waals surface area contributed by atoms with Gasteiger partial charge in [-0.2, -0.15) is 0 Å². The van der Waals surface area contributed by atoms with Crippen LogP contribution in [0.1, 0.15) is 0 Å². The zero-order chi connectivity index (χ0) is 22.9. The largest absolute Gasteiger partial charge is 0.355 e. The average Bonchev–Trinajstić information content (AvgIpc) is 3.66. The summed E-state index contributed by atoms with van der Waals surface area (Å²) >= 11 is 0. The molecule has 35 heavy (non-hydrogen) atoms. The van der Waals surface area contributed by atoms with Gasteiger partial charge in [0.05, 0.1) is 0 Å². The van der Waals surface area contributed by atoms with E-state index in [1.54, 1.807) is 0 Å². The van der Waals surface area contributed by atoms with Crippen molar-refractivity contribution in [2.45, 2.75) is 0 Å². The summed E-state index contributed by atoms with van der Waals surface area (Å²) in [5.74, 6) is 0.944. The molecule has 0 aliphatic carbocycles. The lowest BCUT2D eigenvalue weighted by molar-refractivity contribution is 1.11. The quantitative estimate of drug-likeness (QED) is 0.228. The van der Waals surface area contributed by atoms with Gasteiger partial charge in [-0.05, 0) is 91.0 Å². The van der Waals surface area contributed by atoms with Gasteiger partial charge < -0.3 is 15.0 Å². The molecule has 0 saturated heterocycles. The van der Waals surface area contributed by atoms with Crippen LogP contribution in [-0.4, -0.2) is 28.7 Å². The van der Waals surface area contributed by atoms with E-state index in [-0.39, 0.29) is 0 Å². The maximum atomic E-state index is 4.68. The first-order valence-electron chi connectivity index (χ1n) is 11.6. The molecule has 166 valence electrons. The van der Waals surface area contributed by atoms with Crippen molar-refractivity contribution in [3.05, 3.63) is 103 Å². The Hall–Kier alpha value is -4.97. The molecule has 0 radical (unpaired) electrons. The lowest BCUT2D eigenvalue weighted by atomic mass is 10.3. The van der Waals surface area contributed by atoms with Crippen LogP contribution in [0.2, 0.25) is 0 Å². The number of hydrogen-bond acceptors (Lipinski definition) is 1. The van der Waals surface area contributed by atoms with E-state index < -0.39 is 0 Å². The minimum atomic E-state index is 0.944. The number of nitrogens with zero attached hydrogens (tertiary/aromatic N) is 3. The van der Waals surface area contributed by atoms with Gasteiger partial charge in [-0.15, -0.1) is 0 Å². The van der Waals surface area contributed by atoms with Crippen LogP contribution in [0.3, 0.4) is 0 Å². The Labute approximate surface area is 198 Å². The van der Waals surface area contributed by atoms with Crippen LogP contribution in [-0.2, 0) is 0 Å². The molecule has 6 aromatic heterocycles. The first-order valence-corrected chi connectivity index (χ1v) is 11.6. The average molecular weight is 453 g/mol. The Morgan fingerprint density at radius 3 is 1.77 bits per heavy atom. The van der Waals surface area contributed by atoms with E-state index >= 15 is 0 Å². The molecule has 6 aromatic rings. The topological polar surface area (TPSA) is 69.1 Å². The van der Waals surface area contributed by atoms with Crippen molar-refractivity contribution in [1.82, 2.24) is 28.7 Å². The number of aromatic amines is 3. The van der Waals surface area contributed by atoms with Gasteiger partial charge in [0.25, 0.3) is 0 Å². The van der Waals surface area contributed by atoms with E-state index in [4.69, 9.17) is 0 Å². The summed E-state index contributed by atoms with van der Waals surface area (Å²) in [5, 5.41) is 1.11. The first-order chi connectivity index (χ1) is 17.3. The van der Waals surface area contributed by atoms with Crippen LogP contribution in [0, 0.1) is 0 Å². The predicted molar refractivity (Wildman–Crippen MR) is 142 cm³/mol. The highest BCUT2D eigenvalue weighted by Crippen LogP contribution is 2.28. The molecule has 2 aliphatic rings. The van der Waals surface area contributed by atoms with Crippen LogP contribution < -0.4 is 0 Å². The monoisotopic (exact) mass is 452 g/mol. The third kappa shape index (κ3) is 2.87. The molecule has 8 heterocycles. The molecule has 8 rings (SSSR count). The Kier molecular flexibility index (Phi) is 3.57. The van der Waals surface area contributed by atoms with Crippen molar-refractivity contribution < 1.29 is 0 Å². The molecule has 0 atom stereocenters. The summed E-state index contributed by atoms with van der Waals surface area (Å²) in [7, 11) is 0. The van der Waals surface area contributed by atoms with Crippen molar-refractivity contribution >= 4 is 55.2 Å². The third-order valence-corrected chi connectivity index (χ3v) is 6.71. The Morgan fingerprint density at radius 2 is 1.11 bits per heavy atom. The molecule has 6 heteroatoms. The van der Waals surface area contributed by atoms with Crippen molar-refractivity contribution in [2.75, 3.05) is 0 Å². The molecule has 6 bridgehead atoms. The number of H-pyrrole nitrogens is 3. The predicted octanol–water partition coefficient (Wildman–Crippen LogP) is 6.98. The van der Waals surface area contributed by atoms with E-state index in [1.165, 1.54) is 0 Å². The molecule has 0 saturated carbocycles. The van der Waals surface area contributed by atoms with E-state index in [1.807, 2.05) is 6.20 Å². The maximum Gasteiger partial charge on any atom is 0.145 e. The standard InChI is InChI=1S/C29H20N6/c1-2-21-15-22-3-4-23(32-22)16-24-5-6-25(33-24)17-27-8-7-26-14-18-9-11-30-28(18)34-12-10-19(13-20(1)31-21)29(34)35(26)27/h1-17,31-33H. The second-order valence-corrected chi connectivity index (χ2v) is 9.04. The molecule has 0 unspecified atom stereocenters. The molecular weight excluding hydrogens is 432 g/mol. The highest BCUT2D eigenvalue weighted by Gasteiger charge is 2.13. The Morgan fingerprint density at radius 1 is 0.543 bits per heavy atom. The fraction of sp³-hybridized carbons (Fsp3) is 0. The van der Waals surface area contributed by atoms with E-state index in [2.05, 4.69) is 126 Å². The van der Waals surface area contributed by atoms with Gasteiger partial charge in [0.1, 0.15) is 11.5 Å². The molecule has 0 spiro atoms. The first kappa shape index (κ1) is 18.5. The highest BCUT2D eigenvalue weighted by atomic mass is 15.1. The fourth-order valence-electron chi connectivity index (χ4n) is 5.16. The Bertz CT molecular complexity index is 2130. The summed E-state index contributed by atoms with van der Waals surface area (Å²) < 4.78 is 4.49. The van der Waals surface area contributed by atoms with Crippen LogP contribution in [0.25, 0.3) is 66.6 Å². The summed E-state index contributed by atoms with van der Waals surface area (Å²) in [6, 6.07) is 32.1. The van der Waals surface area contributed by atoms with Gasteiger partial charge in [0, 0.05) is 67.5 Å². The summed E-state index contributed by atoms with van der Waals surface area (Å²) in [4.78, 5) is 15.2. The van der Waals surface area contributed by atoms with Crippen molar-refractivity contribution in [1.29, 1.82) is 0 Å². The van der Waals surface area contributed by atoms with Crippen molar-refractivity contribution in [2.24, 2.45) is 0 Å². The van der Waals surface area contributed by atoms with E-state index in [0.29, 0.717) is 0 Å². The summed E-state index contributed by atoms with van der Waals surface area (Å²) in [5.41, 5.74) is 10.7.